The molecule has 0 aromatic heterocycles. The number of benzene rings is 12. The van der Waals surface area contributed by atoms with Gasteiger partial charge in [-0.3, -0.25) is 0 Å². The van der Waals surface area contributed by atoms with Crippen molar-refractivity contribution in [2.45, 2.75) is 98.7 Å². The van der Waals surface area contributed by atoms with Crippen LogP contribution in [0.1, 0.15) is 188 Å². The first-order valence-electron chi connectivity index (χ1n) is 38.3. The van der Waals surface area contributed by atoms with E-state index in [1.807, 2.05) is 0 Å². The monoisotopic (exact) mass is 1370 g/mol. The molecule has 0 amide bonds. The lowest BCUT2D eigenvalue weighted by molar-refractivity contribution is -0.225. The number of rotatable bonds is 5. The lowest BCUT2D eigenvalue weighted by Crippen LogP contribution is -2.72. The maximum Gasteiger partial charge on any atom is 0.0264 e. The van der Waals surface area contributed by atoms with Crippen molar-refractivity contribution in [3.8, 4) is 94.7 Å². The van der Waals surface area contributed by atoms with Crippen molar-refractivity contribution in [3.05, 3.63) is 427 Å². The molecule has 8 aliphatic carbocycles. The normalized spacial score (nSPS) is 23.1. The Balaban J connectivity index is 0.903. The summed E-state index contributed by atoms with van der Waals surface area (Å²) in [7, 11) is 0. The van der Waals surface area contributed by atoms with Crippen LogP contribution in [0.5, 0.6) is 0 Å². The molecule has 0 heteroatoms. The Labute approximate surface area is 638 Å². The molecule has 8 fully saturated rings. The van der Waals surface area contributed by atoms with Gasteiger partial charge in [0.25, 0.3) is 0 Å². The second-order valence-corrected chi connectivity index (χ2v) is 31.8. The van der Waals surface area contributed by atoms with E-state index < -0.39 is 16.2 Å². The van der Waals surface area contributed by atoms with E-state index in [1.165, 1.54) is 41.5 Å². The third-order valence-electron chi connectivity index (χ3n) is 24.4. The third kappa shape index (κ3) is 13.9. The molecule has 12 aromatic carbocycles. The summed E-state index contributed by atoms with van der Waals surface area (Å²) >= 11 is 0. The average molecular weight is 1380 g/mol. The van der Waals surface area contributed by atoms with Gasteiger partial charge >= 0.3 is 0 Å². The van der Waals surface area contributed by atoms with E-state index in [0.717, 1.165) is 147 Å². The fraction of sp³-hybridized carbons (Fsp3) is 0.185. The van der Waals surface area contributed by atoms with E-state index in [0.29, 0.717) is 11.8 Å². The molecule has 8 saturated carbocycles. The van der Waals surface area contributed by atoms with Crippen LogP contribution in [-0.2, 0) is 21.7 Å². The molecule has 0 heterocycles. The van der Waals surface area contributed by atoms with Gasteiger partial charge in [0, 0.05) is 89.0 Å². The van der Waals surface area contributed by atoms with Crippen molar-refractivity contribution in [2.75, 3.05) is 0 Å². The quantitative estimate of drug-likeness (QED) is 0.151. The average Bonchev–Trinajstić information content (AvgIpc) is 0.649. The highest BCUT2D eigenvalue weighted by Gasteiger charge is 2.76. The van der Waals surface area contributed by atoms with Gasteiger partial charge in [-0.1, -0.05) is 240 Å². The Morgan fingerprint density at radius 1 is 0.167 bits per heavy atom. The van der Waals surface area contributed by atoms with Gasteiger partial charge < -0.3 is 0 Å². The Kier molecular flexibility index (Phi) is 17.7. The topological polar surface area (TPSA) is 0 Å². The molecule has 8 bridgehead atoms. The minimum atomic E-state index is -0.394. The summed E-state index contributed by atoms with van der Waals surface area (Å²) in [5, 5.41) is 0. The minimum absolute atomic E-state index is 0.0658. The van der Waals surface area contributed by atoms with Gasteiger partial charge in [0.05, 0.1) is 0 Å². The van der Waals surface area contributed by atoms with Gasteiger partial charge in [-0.25, -0.2) is 0 Å². The van der Waals surface area contributed by atoms with Crippen LogP contribution in [0, 0.1) is 117 Å². The smallest absolute Gasteiger partial charge is 0.0264 e. The third-order valence-corrected chi connectivity index (χ3v) is 24.4. The van der Waals surface area contributed by atoms with E-state index in [4.69, 9.17) is 0 Å². The summed E-state index contributed by atoms with van der Waals surface area (Å²) in [6.07, 6.45) is 13.0. The van der Waals surface area contributed by atoms with E-state index in [1.54, 1.807) is 0 Å². The van der Waals surface area contributed by atoms with E-state index in [2.05, 4.69) is 410 Å². The maximum atomic E-state index is 3.78. The fourth-order valence-electron chi connectivity index (χ4n) is 21.0. The van der Waals surface area contributed by atoms with Crippen molar-refractivity contribution in [1.29, 1.82) is 0 Å². The zero-order valence-electron chi connectivity index (χ0n) is 60.7. The zero-order chi connectivity index (χ0) is 72.3. The molecule has 2 unspecified atom stereocenters. The van der Waals surface area contributed by atoms with Crippen molar-refractivity contribution in [2.24, 2.45) is 22.7 Å². The summed E-state index contributed by atoms with van der Waals surface area (Å²) in [5.41, 5.74) is 19.6. The van der Waals surface area contributed by atoms with Crippen LogP contribution in [0.4, 0.5) is 0 Å². The first-order valence-corrected chi connectivity index (χ1v) is 38.3. The van der Waals surface area contributed by atoms with Crippen molar-refractivity contribution >= 4 is 0 Å². The van der Waals surface area contributed by atoms with E-state index in [9.17, 15) is 0 Å². The van der Waals surface area contributed by atoms with Crippen molar-refractivity contribution < 1.29 is 0 Å². The molecule has 0 spiro atoms. The molecule has 108 heavy (non-hydrogen) atoms. The van der Waals surface area contributed by atoms with Crippen LogP contribution in [0.2, 0.25) is 0 Å². The highest BCUT2D eigenvalue weighted by Crippen LogP contribution is 2.83. The van der Waals surface area contributed by atoms with Gasteiger partial charge in [0.15, 0.2) is 0 Å². The molecule has 0 saturated heterocycles. The summed E-state index contributed by atoms with van der Waals surface area (Å²) in [5.74, 6) is 60.2. The molecule has 0 N–H and O–H groups in total. The Bertz CT molecular complexity index is 5240. The Morgan fingerprint density at radius 3 is 0.546 bits per heavy atom. The molecule has 8 aliphatic rings. The molecule has 2 atom stereocenters. The number of hydrogen-bond donors (Lipinski definition) is 0. The van der Waals surface area contributed by atoms with Crippen molar-refractivity contribution in [1.82, 2.24) is 0 Å². The van der Waals surface area contributed by atoms with Gasteiger partial charge in [-0.15, -0.1) is 0 Å². The van der Waals surface area contributed by atoms with Gasteiger partial charge in [0.2, 0.25) is 0 Å². The molecule has 0 nitrogen and oxygen atoms in total. The standard InChI is InChI=1S/C108H78/c1-9-25-81(26-10-1)41-49-89-57-90(50-42-82-27-11-2-12-28-82)63-99(62-89)103-70-97-61-98(71-103)73-107(72-97,77-103)108-78-104(100-64-91(51-43-83-29-13-3-14-30-83)58-92(65-100)52-44-84-31-15-4-16-32-84)74-105(79-108,101-66-93(53-45-85-33-17-5-18-34-85)59-94(67-101)54-46-86-35-19-6-20-36-86)76-106(75-104,80-108)102-68-95(55-47-87-37-21-7-22-38-87)60-96(69-102)56-48-88-39-23-8-24-40-88/h1-40,57-60,62-69,97-98H,61,70-80H2. The summed E-state index contributed by atoms with van der Waals surface area (Å²) in [6.45, 7) is 0. The molecule has 510 valence electrons. The van der Waals surface area contributed by atoms with Crippen LogP contribution in [0.15, 0.2) is 315 Å². The second kappa shape index (κ2) is 28.5. The van der Waals surface area contributed by atoms with E-state index in [-0.39, 0.29) is 16.2 Å². The minimum Gasteiger partial charge on any atom is -0.0622 e. The lowest BCUT2D eigenvalue weighted by Gasteiger charge is -2.78. The molecule has 0 radical (unpaired) electrons. The van der Waals surface area contributed by atoms with Crippen LogP contribution in [0.3, 0.4) is 0 Å². The lowest BCUT2D eigenvalue weighted by atomic mass is 9.26. The second-order valence-electron chi connectivity index (χ2n) is 31.8. The Hall–Kier alpha value is -12.9. The van der Waals surface area contributed by atoms with Gasteiger partial charge in [0.1, 0.15) is 0 Å². The number of hydrogen-bond acceptors (Lipinski definition) is 0. The summed E-state index contributed by atoms with van der Waals surface area (Å²) in [6, 6.07) is 113. The molecular weight excluding hydrogens is 1300 g/mol. The highest BCUT2D eigenvalue weighted by molar-refractivity contribution is 5.62. The van der Waals surface area contributed by atoms with Crippen LogP contribution in [0.25, 0.3) is 0 Å². The first kappa shape index (κ1) is 67.0. The highest BCUT2D eigenvalue weighted by atomic mass is 14.8. The summed E-state index contributed by atoms with van der Waals surface area (Å²) in [4.78, 5) is 0. The predicted molar refractivity (Wildman–Crippen MR) is 439 cm³/mol. The first-order chi connectivity index (χ1) is 53.1. The van der Waals surface area contributed by atoms with Crippen LogP contribution < -0.4 is 0 Å². The Morgan fingerprint density at radius 2 is 0.343 bits per heavy atom. The summed E-state index contributed by atoms with van der Waals surface area (Å²) < 4.78 is 0. The fourth-order valence-corrected chi connectivity index (χ4v) is 21.0. The van der Waals surface area contributed by atoms with Crippen molar-refractivity contribution in [3.63, 3.8) is 0 Å². The van der Waals surface area contributed by atoms with Gasteiger partial charge in [-0.05, 0) is 313 Å². The molecular formula is C108H78. The molecule has 0 aliphatic heterocycles. The predicted octanol–water partition coefficient (Wildman–Crippen LogP) is 21.9. The van der Waals surface area contributed by atoms with Gasteiger partial charge in [-0.2, -0.15) is 0 Å². The van der Waals surface area contributed by atoms with Crippen LogP contribution >= 0.6 is 0 Å². The molecule has 20 rings (SSSR count). The SMILES string of the molecule is C(#Cc1cc(C#Cc2ccccc2)cc(C23CC4CC(C2)CC(C25CC6(c7cc(C#Cc8ccccc8)cc(C#Cc8ccccc8)c7)CC(c7cc(C#Cc8ccccc8)cc(C#Cc8ccccc8)c7)(CC(c7cc(C#Cc8ccccc8)cc(C#Cc8ccccc8)c7)(C6)C2)C5)(C4)C3)c1)c1ccccc1. The largest absolute Gasteiger partial charge is 0.0622 e. The molecule has 12 aromatic rings. The van der Waals surface area contributed by atoms with E-state index >= 15 is 0 Å². The zero-order valence-corrected chi connectivity index (χ0v) is 60.7. The van der Waals surface area contributed by atoms with Crippen LogP contribution in [-0.4, -0.2) is 0 Å². The maximum absolute atomic E-state index is 3.78.